The summed E-state index contributed by atoms with van der Waals surface area (Å²) in [5.41, 5.74) is 8.64. The molecular weight excluding hydrogens is 288 g/mol. The average molecular weight is 306 g/mol. The molecule has 0 atom stereocenters. The molecule has 4 nitrogen and oxygen atoms in total. The van der Waals surface area contributed by atoms with Gasteiger partial charge >= 0.3 is 5.97 Å². The zero-order chi connectivity index (χ0) is 16.5. The molecule has 0 fully saturated rings. The van der Waals surface area contributed by atoms with Crippen LogP contribution in [0.5, 0.6) is 0 Å². The Labute approximate surface area is 135 Å². The molecule has 1 heterocycles. The van der Waals surface area contributed by atoms with Crippen LogP contribution in [0.3, 0.4) is 0 Å². The molecular formula is C19H18N2O2. The van der Waals surface area contributed by atoms with E-state index in [9.17, 15) is 4.79 Å². The van der Waals surface area contributed by atoms with Gasteiger partial charge in [0.1, 0.15) is 0 Å². The van der Waals surface area contributed by atoms with Crippen LogP contribution in [-0.2, 0) is 0 Å². The molecule has 0 saturated heterocycles. The maximum atomic E-state index is 10.2. The summed E-state index contributed by atoms with van der Waals surface area (Å²) in [4.78, 5) is 13.8. The first kappa shape index (κ1) is 16.4. The summed E-state index contributed by atoms with van der Waals surface area (Å²) in [6, 6.07) is 23.3. The summed E-state index contributed by atoms with van der Waals surface area (Å²) < 4.78 is 0. The lowest BCUT2D eigenvalue weighted by Crippen LogP contribution is -2.11. The molecule has 0 aliphatic carbocycles. The number of aromatic carboxylic acids is 1. The fourth-order valence-electron chi connectivity index (χ4n) is 2.00. The number of rotatable bonds is 3. The number of carboxylic acids is 1. The van der Waals surface area contributed by atoms with Gasteiger partial charge in [-0.3, -0.25) is 4.98 Å². The van der Waals surface area contributed by atoms with E-state index in [-0.39, 0.29) is 11.6 Å². The Hall–Kier alpha value is -2.98. The summed E-state index contributed by atoms with van der Waals surface area (Å²) in [7, 11) is 0. The highest BCUT2D eigenvalue weighted by Crippen LogP contribution is 2.18. The van der Waals surface area contributed by atoms with Gasteiger partial charge in [0.25, 0.3) is 0 Å². The Bertz CT molecular complexity index is 677. The quantitative estimate of drug-likeness (QED) is 0.776. The minimum atomic E-state index is -0.942. The van der Waals surface area contributed by atoms with Gasteiger partial charge in [0, 0.05) is 12.4 Å². The van der Waals surface area contributed by atoms with E-state index in [0.29, 0.717) is 0 Å². The summed E-state index contributed by atoms with van der Waals surface area (Å²) in [5.74, 6) is -0.942. The van der Waals surface area contributed by atoms with Gasteiger partial charge in [0.2, 0.25) is 0 Å². The molecule has 0 aliphatic heterocycles. The highest BCUT2D eigenvalue weighted by Gasteiger charge is 2.06. The van der Waals surface area contributed by atoms with E-state index in [1.165, 1.54) is 18.5 Å². The van der Waals surface area contributed by atoms with E-state index in [4.69, 9.17) is 10.8 Å². The second kappa shape index (κ2) is 8.46. The number of carboxylic acid groups (broad SMARTS) is 1. The van der Waals surface area contributed by atoms with E-state index >= 15 is 0 Å². The van der Waals surface area contributed by atoms with E-state index in [1.54, 1.807) is 6.07 Å². The third-order valence-electron chi connectivity index (χ3n) is 3.23. The highest BCUT2D eigenvalue weighted by atomic mass is 16.4. The van der Waals surface area contributed by atoms with Crippen molar-refractivity contribution in [3.63, 3.8) is 0 Å². The monoisotopic (exact) mass is 306 g/mol. The highest BCUT2D eigenvalue weighted by molar-refractivity contribution is 5.86. The third-order valence-corrected chi connectivity index (χ3v) is 3.23. The van der Waals surface area contributed by atoms with Crippen LogP contribution in [0.4, 0.5) is 0 Å². The van der Waals surface area contributed by atoms with Crippen molar-refractivity contribution in [1.82, 2.24) is 4.98 Å². The molecule has 3 aromatic rings. The zero-order valence-electron chi connectivity index (χ0n) is 12.5. The Kier molecular flexibility index (Phi) is 6.03. The number of hydrogen-bond donors (Lipinski definition) is 2. The van der Waals surface area contributed by atoms with E-state index in [2.05, 4.69) is 29.2 Å². The average Bonchev–Trinajstić information content (AvgIpc) is 2.64. The summed E-state index contributed by atoms with van der Waals surface area (Å²) >= 11 is 0. The zero-order valence-corrected chi connectivity index (χ0v) is 12.5. The number of aromatic nitrogens is 1. The fourth-order valence-corrected chi connectivity index (χ4v) is 2.00. The predicted molar refractivity (Wildman–Crippen MR) is 90.1 cm³/mol. The second-order valence-corrected chi connectivity index (χ2v) is 4.85. The Balaban J connectivity index is 0.000000185. The number of pyridine rings is 1. The molecule has 3 N–H and O–H groups in total. The summed E-state index contributed by atoms with van der Waals surface area (Å²) in [6.45, 7) is 0. The summed E-state index contributed by atoms with van der Waals surface area (Å²) in [6.07, 6.45) is 2.84. The smallest absolute Gasteiger partial charge is 0.337 e. The van der Waals surface area contributed by atoms with Crippen molar-refractivity contribution in [2.45, 2.75) is 6.04 Å². The molecule has 116 valence electrons. The molecule has 4 heteroatoms. The lowest BCUT2D eigenvalue weighted by molar-refractivity contribution is 0.0696. The number of carbonyl (C=O) groups is 1. The molecule has 3 rings (SSSR count). The first-order chi connectivity index (χ1) is 11.2. The maximum absolute atomic E-state index is 10.2. The number of hydrogen-bond acceptors (Lipinski definition) is 3. The molecule has 0 aliphatic rings. The first-order valence-corrected chi connectivity index (χ1v) is 7.17. The van der Waals surface area contributed by atoms with Gasteiger partial charge in [-0.1, -0.05) is 60.7 Å². The van der Waals surface area contributed by atoms with Crippen LogP contribution in [0, 0.1) is 0 Å². The Morgan fingerprint density at radius 3 is 1.74 bits per heavy atom. The third kappa shape index (κ3) is 5.05. The fraction of sp³-hybridized carbons (Fsp3) is 0.0526. The van der Waals surface area contributed by atoms with Crippen molar-refractivity contribution in [3.05, 3.63) is 102 Å². The van der Waals surface area contributed by atoms with Crippen LogP contribution in [-0.4, -0.2) is 16.1 Å². The molecule has 1 aromatic heterocycles. The van der Waals surface area contributed by atoms with Crippen molar-refractivity contribution < 1.29 is 9.90 Å². The minimum Gasteiger partial charge on any atom is -0.478 e. The molecule has 2 aromatic carbocycles. The lowest BCUT2D eigenvalue weighted by atomic mass is 10.00. The van der Waals surface area contributed by atoms with Crippen LogP contribution in [0.1, 0.15) is 27.5 Å². The van der Waals surface area contributed by atoms with Crippen molar-refractivity contribution in [2.24, 2.45) is 5.73 Å². The number of nitrogens with two attached hydrogens (primary N) is 1. The predicted octanol–water partition coefficient (Wildman–Crippen LogP) is 3.51. The first-order valence-electron chi connectivity index (χ1n) is 7.17. The molecule has 0 saturated carbocycles. The molecule has 0 radical (unpaired) electrons. The van der Waals surface area contributed by atoms with Crippen molar-refractivity contribution in [1.29, 1.82) is 0 Å². The standard InChI is InChI=1S/C13H13N.C6H5NO2/c14-13(11-7-3-1-4-8-11)12-9-5-2-6-10-12;8-6(9)5-2-1-3-7-4-5/h1-10,13H,14H2;1-4H,(H,8,9). The molecule has 0 unspecified atom stereocenters. The second-order valence-electron chi connectivity index (χ2n) is 4.85. The topological polar surface area (TPSA) is 76.2 Å². The lowest BCUT2D eigenvalue weighted by Gasteiger charge is -2.11. The van der Waals surface area contributed by atoms with E-state index < -0.39 is 5.97 Å². The number of benzene rings is 2. The van der Waals surface area contributed by atoms with Crippen LogP contribution < -0.4 is 5.73 Å². The van der Waals surface area contributed by atoms with E-state index in [1.807, 2.05) is 36.4 Å². The van der Waals surface area contributed by atoms with Gasteiger partial charge in [-0.05, 0) is 23.3 Å². The minimum absolute atomic E-state index is 0.0163. The van der Waals surface area contributed by atoms with Crippen molar-refractivity contribution >= 4 is 5.97 Å². The van der Waals surface area contributed by atoms with Crippen LogP contribution in [0.15, 0.2) is 85.2 Å². The van der Waals surface area contributed by atoms with E-state index in [0.717, 1.165) is 11.1 Å². The summed E-state index contributed by atoms with van der Waals surface area (Å²) in [5, 5.41) is 8.34. The van der Waals surface area contributed by atoms with Gasteiger partial charge < -0.3 is 10.8 Å². The van der Waals surface area contributed by atoms with Crippen molar-refractivity contribution in [2.75, 3.05) is 0 Å². The molecule has 23 heavy (non-hydrogen) atoms. The van der Waals surface area contributed by atoms with Crippen LogP contribution >= 0.6 is 0 Å². The van der Waals surface area contributed by atoms with Gasteiger partial charge in [-0.25, -0.2) is 4.79 Å². The maximum Gasteiger partial charge on any atom is 0.337 e. The number of nitrogens with zero attached hydrogens (tertiary/aromatic N) is 1. The van der Waals surface area contributed by atoms with Gasteiger partial charge in [0.05, 0.1) is 11.6 Å². The van der Waals surface area contributed by atoms with Crippen LogP contribution in [0.2, 0.25) is 0 Å². The van der Waals surface area contributed by atoms with Crippen LogP contribution in [0.25, 0.3) is 0 Å². The Morgan fingerprint density at radius 1 is 0.870 bits per heavy atom. The van der Waals surface area contributed by atoms with Gasteiger partial charge in [0.15, 0.2) is 0 Å². The molecule has 0 amide bonds. The Morgan fingerprint density at radius 2 is 1.39 bits per heavy atom. The molecule has 0 bridgehead atoms. The molecule has 0 spiro atoms. The normalized spacial score (nSPS) is 9.83. The van der Waals surface area contributed by atoms with Crippen molar-refractivity contribution in [3.8, 4) is 0 Å². The van der Waals surface area contributed by atoms with Gasteiger partial charge in [-0.2, -0.15) is 0 Å². The largest absolute Gasteiger partial charge is 0.478 e. The van der Waals surface area contributed by atoms with Gasteiger partial charge in [-0.15, -0.1) is 0 Å². The SMILES string of the molecule is NC(c1ccccc1)c1ccccc1.O=C(O)c1cccnc1.